The number of likely N-dealkylation sites (N-methyl/N-ethyl adjacent to an activating group) is 1. The lowest BCUT2D eigenvalue weighted by molar-refractivity contribution is -0.145. The van der Waals surface area contributed by atoms with E-state index in [-0.39, 0.29) is 43.5 Å². The van der Waals surface area contributed by atoms with Crippen LogP contribution in [0, 0.1) is 5.92 Å². The molecule has 0 aromatic heterocycles. The molecule has 1 aromatic carbocycles. The smallest absolute Gasteiger partial charge is 0.255 e. The maximum atomic E-state index is 13.2. The summed E-state index contributed by atoms with van der Waals surface area (Å²) in [6.07, 6.45) is -0.503. The normalized spacial score (nSPS) is 22.8. The van der Waals surface area contributed by atoms with Gasteiger partial charge in [-0.2, -0.15) is 0 Å². The van der Waals surface area contributed by atoms with Gasteiger partial charge in [-0.1, -0.05) is 26.0 Å². The number of nitrogens with one attached hydrogen (secondary N) is 2. The molecule has 0 bridgehead atoms. The zero-order valence-electron chi connectivity index (χ0n) is 20.0. The third-order valence-corrected chi connectivity index (χ3v) is 5.95. The molecule has 34 heavy (non-hydrogen) atoms. The summed E-state index contributed by atoms with van der Waals surface area (Å²) in [5, 5.41) is 15.0. The molecule has 10 heteroatoms. The molecule has 2 aliphatic rings. The molecular formula is C24H34N4O6. The highest BCUT2D eigenvalue weighted by molar-refractivity contribution is 6.01. The molecule has 0 saturated carbocycles. The average Bonchev–Trinajstić information content (AvgIpc) is 2.77. The lowest BCUT2D eigenvalue weighted by atomic mass is 10.0. The van der Waals surface area contributed by atoms with Crippen molar-refractivity contribution in [3.8, 4) is 5.75 Å². The molecule has 1 saturated heterocycles. The minimum absolute atomic E-state index is 0.145. The molecule has 2 atom stereocenters. The minimum Gasteiger partial charge on any atom is -0.491 e. The highest BCUT2D eigenvalue weighted by atomic mass is 16.5. The van der Waals surface area contributed by atoms with E-state index in [0.29, 0.717) is 25.3 Å². The Balaban J connectivity index is 1.91. The highest BCUT2D eigenvalue weighted by Crippen LogP contribution is 2.20. The molecule has 10 nitrogen and oxygen atoms in total. The predicted octanol–water partition coefficient (Wildman–Crippen LogP) is 0.150. The lowest BCUT2D eigenvalue weighted by Crippen LogP contribution is -2.60. The minimum atomic E-state index is -1.15. The monoisotopic (exact) mass is 474 g/mol. The van der Waals surface area contributed by atoms with Gasteiger partial charge in [0.1, 0.15) is 24.4 Å². The first-order valence-corrected chi connectivity index (χ1v) is 11.8. The summed E-state index contributed by atoms with van der Waals surface area (Å²) >= 11 is 0. The number of nitrogens with zero attached hydrogens (tertiary/aromatic N) is 2. The Bertz CT molecular complexity index is 914. The fraction of sp³-hybridized carbons (Fsp3) is 0.583. The van der Waals surface area contributed by atoms with Crippen molar-refractivity contribution in [2.45, 2.75) is 51.8 Å². The maximum absolute atomic E-state index is 13.2. The van der Waals surface area contributed by atoms with E-state index >= 15 is 0 Å². The van der Waals surface area contributed by atoms with Gasteiger partial charge in [-0.3, -0.25) is 19.2 Å². The number of carbonyl (C=O) groups excluding carboxylic acids is 4. The zero-order valence-corrected chi connectivity index (χ0v) is 20.0. The van der Waals surface area contributed by atoms with Gasteiger partial charge in [0.25, 0.3) is 5.91 Å². The topological polar surface area (TPSA) is 128 Å². The van der Waals surface area contributed by atoms with E-state index in [1.807, 2.05) is 20.8 Å². The number of benzene rings is 1. The Kier molecular flexibility index (Phi) is 8.49. The summed E-state index contributed by atoms with van der Waals surface area (Å²) in [4.78, 5) is 55.3. The number of ether oxygens (including phenoxy) is 1. The number of hydrogen-bond acceptors (Lipinski definition) is 6. The molecule has 3 rings (SSSR count). The van der Waals surface area contributed by atoms with Gasteiger partial charge in [0.2, 0.25) is 17.7 Å². The number of β-amino-alcohol motifs (C(OH)–C–C–N with tert-alkyl or cyclic N) is 1. The molecule has 1 fully saturated rings. The first-order valence-electron chi connectivity index (χ1n) is 11.8. The van der Waals surface area contributed by atoms with Gasteiger partial charge in [0.15, 0.2) is 0 Å². The van der Waals surface area contributed by atoms with E-state index in [4.69, 9.17) is 4.74 Å². The van der Waals surface area contributed by atoms with Crippen LogP contribution in [0.1, 0.15) is 44.0 Å². The van der Waals surface area contributed by atoms with Crippen molar-refractivity contribution in [1.29, 1.82) is 0 Å². The molecule has 0 unspecified atom stereocenters. The molecule has 1 aromatic rings. The van der Waals surface area contributed by atoms with E-state index < -0.39 is 35.9 Å². The largest absolute Gasteiger partial charge is 0.491 e. The van der Waals surface area contributed by atoms with E-state index in [2.05, 4.69) is 10.6 Å². The Labute approximate surface area is 199 Å². The van der Waals surface area contributed by atoms with Crippen LogP contribution >= 0.6 is 0 Å². The van der Waals surface area contributed by atoms with Gasteiger partial charge in [-0.25, -0.2) is 0 Å². The van der Waals surface area contributed by atoms with E-state index in [0.717, 1.165) is 0 Å². The maximum Gasteiger partial charge on any atom is 0.255 e. The van der Waals surface area contributed by atoms with Crippen LogP contribution in [-0.2, 0) is 14.4 Å². The fourth-order valence-corrected chi connectivity index (χ4v) is 4.11. The Morgan fingerprint density at radius 2 is 1.88 bits per heavy atom. The molecular weight excluding hydrogens is 440 g/mol. The lowest BCUT2D eigenvalue weighted by Gasteiger charge is -2.38. The number of aliphatic hydroxyl groups excluding tert-OH is 1. The van der Waals surface area contributed by atoms with Crippen molar-refractivity contribution in [2.75, 3.05) is 32.8 Å². The second-order valence-electron chi connectivity index (χ2n) is 9.14. The summed E-state index contributed by atoms with van der Waals surface area (Å²) in [6.45, 7) is 6.97. The Hall–Kier alpha value is -3.14. The predicted molar refractivity (Wildman–Crippen MR) is 124 cm³/mol. The van der Waals surface area contributed by atoms with Crippen molar-refractivity contribution in [2.24, 2.45) is 5.92 Å². The molecule has 0 spiro atoms. The second kappa shape index (κ2) is 11.3. The molecule has 4 amide bonds. The first kappa shape index (κ1) is 25.5. The van der Waals surface area contributed by atoms with Crippen molar-refractivity contribution >= 4 is 23.6 Å². The summed E-state index contributed by atoms with van der Waals surface area (Å²) in [5.74, 6) is -1.24. The Morgan fingerprint density at radius 3 is 2.53 bits per heavy atom. The van der Waals surface area contributed by atoms with Gasteiger partial charge >= 0.3 is 0 Å². The van der Waals surface area contributed by atoms with Crippen LogP contribution in [0.2, 0.25) is 0 Å². The third kappa shape index (κ3) is 6.25. The van der Waals surface area contributed by atoms with Gasteiger partial charge in [0, 0.05) is 19.6 Å². The van der Waals surface area contributed by atoms with Gasteiger partial charge in [0.05, 0.1) is 24.6 Å². The van der Waals surface area contributed by atoms with Crippen molar-refractivity contribution in [1.82, 2.24) is 20.4 Å². The molecule has 0 aliphatic carbocycles. The SMILES string of the molecule is CCN1CCOc2ccccc2C(=O)N[C@H](C(=O)N2CC(O)C2)CC(=O)N[C@H](CC(C)C)C1=O. The van der Waals surface area contributed by atoms with Crippen LogP contribution in [-0.4, -0.2) is 89.5 Å². The fourth-order valence-electron chi connectivity index (χ4n) is 4.11. The van der Waals surface area contributed by atoms with Crippen molar-refractivity contribution in [3.05, 3.63) is 29.8 Å². The number of carbonyl (C=O) groups is 4. The van der Waals surface area contributed by atoms with Crippen LogP contribution in [0.5, 0.6) is 5.75 Å². The number of likely N-dealkylation sites (tertiary alicyclic amines) is 1. The van der Waals surface area contributed by atoms with Crippen LogP contribution in [0.25, 0.3) is 0 Å². The number of hydrogen-bond donors (Lipinski definition) is 3. The zero-order chi connectivity index (χ0) is 24.8. The molecule has 3 N–H and O–H groups in total. The van der Waals surface area contributed by atoms with E-state index in [9.17, 15) is 24.3 Å². The van der Waals surface area contributed by atoms with E-state index in [1.54, 1.807) is 29.2 Å². The Morgan fingerprint density at radius 1 is 1.18 bits per heavy atom. The molecule has 186 valence electrons. The summed E-state index contributed by atoms with van der Waals surface area (Å²) in [6, 6.07) is 4.74. The second-order valence-corrected chi connectivity index (χ2v) is 9.14. The number of rotatable bonds is 4. The van der Waals surface area contributed by atoms with Crippen LogP contribution in [0.15, 0.2) is 24.3 Å². The highest BCUT2D eigenvalue weighted by Gasteiger charge is 2.36. The van der Waals surface area contributed by atoms with Crippen LogP contribution in [0.3, 0.4) is 0 Å². The third-order valence-electron chi connectivity index (χ3n) is 5.95. The molecule has 0 radical (unpaired) electrons. The van der Waals surface area contributed by atoms with E-state index in [1.165, 1.54) is 4.90 Å². The standard InChI is InChI=1S/C24H34N4O6/c1-4-27-9-10-34-20-8-6-5-7-17(20)22(31)26-19(24(33)28-13-16(29)14-28)12-21(30)25-18(23(27)32)11-15(2)3/h5-8,15-16,18-19,29H,4,9-14H2,1-3H3,(H,25,30)(H,26,31)/t18-,19+/m1/s1. The van der Waals surface area contributed by atoms with Gasteiger partial charge in [-0.15, -0.1) is 0 Å². The number of amides is 4. The van der Waals surface area contributed by atoms with Crippen LogP contribution in [0.4, 0.5) is 0 Å². The van der Waals surface area contributed by atoms with Crippen molar-refractivity contribution < 1.29 is 29.0 Å². The first-order chi connectivity index (χ1) is 16.2. The quantitative estimate of drug-likeness (QED) is 0.570. The summed E-state index contributed by atoms with van der Waals surface area (Å²) in [7, 11) is 0. The number of fused-ring (bicyclic) bond motifs is 1. The average molecular weight is 475 g/mol. The number of para-hydroxylation sites is 1. The van der Waals surface area contributed by atoms with Crippen molar-refractivity contribution in [3.63, 3.8) is 0 Å². The molecule has 2 aliphatic heterocycles. The van der Waals surface area contributed by atoms with Crippen LogP contribution < -0.4 is 15.4 Å². The van der Waals surface area contributed by atoms with Gasteiger partial charge in [-0.05, 0) is 31.4 Å². The summed E-state index contributed by atoms with van der Waals surface area (Å²) in [5.41, 5.74) is 0.230. The molecule has 2 heterocycles. The summed E-state index contributed by atoms with van der Waals surface area (Å²) < 4.78 is 5.84. The van der Waals surface area contributed by atoms with Gasteiger partial charge < -0.3 is 30.3 Å². The number of aliphatic hydroxyl groups is 1.